The van der Waals surface area contributed by atoms with Gasteiger partial charge in [0.2, 0.25) is 0 Å². The molecule has 1 aliphatic heterocycles. The number of rotatable bonds is 4. The van der Waals surface area contributed by atoms with Crippen molar-refractivity contribution in [2.45, 2.75) is 38.4 Å². The van der Waals surface area contributed by atoms with Crippen LogP contribution >= 0.6 is 11.6 Å². The minimum atomic E-state index is -3.46. The van der Waals surface area contributed by atoms with Crippen molar-refractivity contribution in [3.05, 3.63) is 34.9 Å². The highest BCUT2D eigenvalue weighted by atomic mass is 35.5. The third-order valence-electron chi connectivity index (χ3n) is 3.86. The Morgan fingerprint density at radius 3 is 2.57 bits per heavy atom. The van der Waals surface area contributed by atoms with Crippen LogP contribution < -0.4 is 5.73 Å². The average Bonchev–Trinajstić information content (AvgIpc) is 2.40. The van der Waals surface area contributed by atoms with Gasteiger partial charge in [-0.3, -0.25) is 0 Å². The lowest BCUT2D eigenvalue weighted by atomic mass is 10.0. The van der Waals surface area contributed by atoms with Crippen LogP contribution in [0.4, 0.5) is 0 Å². The molecule has 1 saturated heterocycles. The van der Waals surface area contributed by atoms with Crippen molar-refractivity contribution in [3.63, 3.8) is 0 Å². The van der Waals surface area contributed by atoms with Crippen LogP contribution in [0.2, 0.25) is 5.02 Å². The molecule has 1 aromatic carbocycles. The number of nitrogens with zero attached hydrogens (tertiary/aromatic N) is 2. The van der Waals surface area contributed by atoms with E-state index in [2.05, 4.69) is 0 Å². The van der Waals surface area contributed by atoms with E-state index in [9.17, 15) is 8.42 Å². The van der Waals surface area contributed by atoms with Crippen LogP contribution in [-0.4, -0.2) is 42.7 Å². The van der Waals surface area contributed by atoms with Gasteiger partial charge in [0.1, 0.15) is 0 Å². The highest BCUT2D eigenvalue weighted by Gasteiger charge is 2.34. The van der Waals surface area contributed by atoms with Crippen LogP contribution in [0.5, 0.6) is 0 Å². The lowest BCUT2D eigenvalue weighted by Gasteiger charge is -2.37. The first-order valence-corrected chi connectivity index (χ1v) is 8.81. The maximum absolute atomic E-state index is 12.7. The third-order valence-corrected chi connectivity index (χ3v) is 6.17. The summed E-state index contributed by atoms with van der Waals surface area (Å²) in [5.41, 5.74) is 6.81. The van der Waals surface area contributed by atoms with Gasteiger partial charge in [-0.25, -0.2) is 0 Å². The molecule has 0 saturated carbocycles. The molecule has 0 spiro atoms. The van der Waals surface area contributed by atoms with Gasteiger partial charge in [-0.05, 0) is 37.5 Å². The molecule has 0 radical (unpaired) electrons. The fraction of sp³-hybridized carbons (Fsp3) is 0.571. The van der Waals surface area contributed by atoms with Crippen LogP contribution in [-0.2, 0) is 16.8 Å². The van der Waals surface area contributed by atoms with Crippen molar-refractivity contribution >= 4 is 21.8 Å². The van der Waals surface area contributed by atoms with Gasteiger partial charge in [-0.15, -0.1) is 0 Å². The van der Waals surface area contributed by atoms with Gasteiger partial charge < -0.3 is 5.73 Å². The Balaban J connectivity index is 2.09. The maximum Gasteiger partial charge on any atom is 0.282 e. The molecule has 0 aromatic heterocycles. The second kappa shape index (κ2) is 6.62. The Morgan fingerprint density at radius 2 is 2.00 bits per heavy atom. The minimum absolute atomic E-state index is 0.0635. The van der Waals surface area contributed by atoms with Crippen LogP contribution in [0.15, 0.2) is 24.3 Å². The molecule has 0 bridgehead atoms. The summed E-state index contributed by atoms with van der Waals surface area (Å²) in [6.45, 7) is 2.72. The topological polar surface area (TPSA) is 66.6 Å². The van der Waals surface area contributed by atoms with Crippen molar-refractivity contribution in [1.29, 1.82) is 0 Å². The van der Waals surface area contributed by atoms with Crippen LogP contribution in [0.1, 0.15) is 25.3 Å². The number of hydrogen-bond acceptors (Lipinski definition) is 3. The number of nitrogens with two attached hydrogens (primary N) is 1. The zero-order chi connectivity index (χ0) is 15.6. The van der Waals surface area contributed by atoms with Gasteiger partial charge >= 0.3 is 0 Å². The normalized spacial score (nSPS) is 24.4. The number of piperidine rings is 1. The second-order valence-electron chi connectivity index (χ2n) is 5.63. The summed E-state index contributed by atoms with van der Waals surface area (Å²) in [6.07, 6.45) is 1.41. The molecule has 0 aliphatic carbocycles. The fourth-order valence-corrected chi connectivity index (χ4v) is 4.31. The molecular formula is C14H22ClN3O2S. The van der Waals surface area contributed by atoms with Gasteiger partial charge in [0.25, 0.3) is 10.2 Å². The lowest BCUT2D eigenvalue weighted by Crippen LogP contribution is -2.52. The first kappa shape index (κ1) is 16.7. The van der Waals surface area contributed by atoms with Crippen molar-refractivity contribution < 1.29 is 8.42 Å². The van der Waals surface area contributed by atoms with Crippen molar-refractivity contribution in [1.82, 2.24) is 8.61 Å². The highest BCUT2D eigenvalue weighted by Crippen LogP contribution is 2.22. The molecule has 1 aliphatic rings. The molecule has 118 valence electrons. The predicted octanol–water partition coefficient (Wildman–Crippen LogP) is 1.83. The standard InChI is InChI=1S/C14H22ClN3O2S/c1-11-9-14(16)7-8-18(11)21(19,20)17(2)10-12-3-5-13(15)6-4-12/h3-6,11,14H,7-10,16H2,1-2H3/t11-,14-/m1/s1. The Morgan fingerprint density at radius 1 is 1.38 bits per heavy atom. The molecule has 1 aromatic rings. The van der Waals surface area contributed by atoms with E-state index in [1.165, 1.54) is 4.31 Å². The smallest absolute Gasteiger partial charge is 0.282 e. The average molecular weight is 332 g/mol. The quantitative estimate of drug-likeness (QED) is 0.915. The molecule has 21 heavy (non-hydrogen) atoms. The monoisotopic (exact) mass is 331 g/mol. The minimum Gasteiger partial charge on any atom is -0.328 e. The third kappa shape index (κ3) is 3.96. The van der Waals surface area contributed by atoms with Gasteiger partial charge in [0.05, 0.1) is 0 Å². The summed E-state index contributed by atoms with van der Waals surface area (Å²) in [6, 6.07) is 7.23. The summed E-state index contributed by atoms with van der Waals surface area (Å²) in [7, 11) is -1.86. The first-order valence-electron chi connectivity index (χ1n) is 7.04. The lowest BCUT2D eigenvalue weighted by molar-refractivity contribution is 0.231. The molecule has 1 heterocycles. The highest BCUT2D eigenvalue weighted by molar-refractivity contribution is 7.86. The second-order valence-corrected chi connectivity index (χ2v) is 8.06. The summed E-state index contributed by atoms with van der Waals surface area (Å²) < 4.78 is 28.2. The Labute approximate surface area is 131 Å². The molecule has 0 unspecified atom stereocenters. The van der Waals surface area contributed by atoms with E-state index in [0.717, 1.165) is 5.56 Å². The Hall–Kier alpha value is -0.660. The zero-order valence-corrected chi connectivity index (χ0v) is 13.9. The molecule has 2 N–H and O–H groups in total. The molecule has 0 amide bonds. The molecule has 7 heteroatoms. The SMILES string of the molecule is C[C@@H]1C[C@H](N)CCN1S(=O)(=O)N(C)Cc1ccc(Cl)cc1. The van der Waals surface area contributed by atoms with E-state index >= 15 is 0 Å². The molecular weight excluding hydrogens is 310 g/mol. The number of benzene rings is 1. The van der Waals surface area contributed by atoms with Crippen molar-refractivity contribution in [3.8, 4) is 0 Å². The van der Waals surface area contributed by atoms with Crippen LogP contribution in [0.25, 0.3) is 0 Å². The zero-order valence-electron chi connectivity index (χ0n) is 12.4. The van der Waals surface area contributed by atoms with Gasteiger partial charge in [0.15, 0.2) is 0 Å². The summed E-state index contributed by atoms with van der Waals surface area (Å²) in [4.78, 5) is 0. The van der Waals surface area contributed by atoms with Crippen LogP contribution in [0, 0.1) is 0 Å². The van der Waals surface area contributed by atoms with E-state index < -0.39 is 10.2 Å². The number of halogens is 1. The summed E-state index contributed by atoms with van der Waals surface area (Å²) in [5, 5.41) is 0.642. The van der Waals surface area contributed by atoms with Gasteiger partial charge in [-0.1, -0.05) is 23.7 Å². The summed E-state index contributed by atoms with van der Waals surface area (Å²) in [5.74, 6) is 0. The number of hydrogen-bond donors (Lipinski definition) is 1. The Kier molecular flexibility index (Phi) is 5.27. The largest absolute Gasteiger partial charge is 0.328 e. The Bertz CT molecular complexity index is 576. The van der Waals surface area contributed by atoms with E-state index in [0.29, 0.717) is 31.0 Å². The first-order chi connectivity index (χ1) is 9.80. The maximum atomic E-state index is 12.7. The van der Waals surface area contributed by atoms with Crippen molar-refractivity contribution in [2.75, 3.05) is 13.6 Å². The van der Waals surface area contributed by atoms with Gasteiger partial charge in [0, 0.05) is 37.2 Å². The van der Waals surface area contributed by atoms with E-state index in [-0.39, 0.29) is 12.1 Å². The summed E-state index contributed by atoms with van der Waals surface area (Å²) >= 11 is 5.84. The van der Waals surface area contributed by atoms with E-state index in [1.807, 2.05) is 19.1 Å². The fourth-order valence-electron chi connectivity index (χ4n) is 2.64. The molecule has 1 fully saturated rings. The van der Waals surface area contributed by atoms with Crippen LogP contribution in [0.3, 0.4) is 0 Å². The predicted molar refractivity (Wildman–Crippen MR) is 85.2 cm³/mol. The molecule has 5 nitrogen and oxygen atoms in total. The van der Waals surface area contributed by atoms with E-state index in [4.69, 9.17) is 17.3 Å². The molecule has 2 atom stereocenters. The van der Waals surface area contributed by atoms with E-state index in [1.54, 1.807) is 23.5 Å². The van der Waals surface area contributed by atoms with Gasteiger partial charge in [-0.2, -0.15) is 17.0 Å². The molecule has 2 rings (SSSR count). The van der Waals surface area contributed by atoms with Crippen molar-refractivity contribution in [2.24, 2.45) is 5.73 Å².